The molecule has 0 radical (unpaired) electrons. The lowest BCUT2D eigenvalue weighted by Crippen LogP contribution is -2.50. The number of hydrogen-bond acceptors (Lipinski definition) is 2. The van der Waals surface area contributed by atoms with Gasteiger partial charge >= 0.3 is 0 Å². The van der Waals surface area contributed by atoms with Crippen LogP contribution in [-0.4, -0.2) is 30.7 Å². The van der Waals surface area contributed by atoms with Crippen molar-refractivity contribution in [2.45, 2.75) is 32.4 Å². The molecule has 2 heteroatoms. The van der Waals surface area contributed by atoms with E-state index >= 15 is 0 Å². The van der Waals surface area contributed by atoms with Crippen LogP contribution in [0.15, 0.2) is 18.2 Å². The van der Waals surface area contributed by atoms with Crippen LogP contribution in [0.25, 0.3) is 0 Å². The molecule has 0 bridgehead atoms. The zero-order chi connectivity index (χ0) is 11.0. The van der Waals surface area contributed by atoms with Crippen LogP contribution < -0.4 is 0 Å². The zero-order valence-electron chi connectivity index (χ0n) is 9.91. The standard InChI is InChI=1S/C14H19NO/c1-2-11-4-3-5-12-8-15(7-6-14(11)12)13-9-16-10-13/h3-5,13H,2,6-10H2,1H3. The lowest BCUT2D eigenvalue weighted by Gasteiger charge is -2.40. The third kappa shape index (κ3) is 1.66. The van der Waals surface area contributed by atoms with E-state index in [0.29, 0.717) is 6.04 Å². The van der Waals surface area contributed by atoms with Gasteiger partial charge in [0, 0.05) is 13.1 Å². The second-order valence-corrected chi connectivity index (χ2v) is 4.82. The molecule has 2 aliphatic heterocycles. The second kappa shape index (κ2) is 4.19. The average molecular weight is 217 g/mol. The highest BCUT2D eigenvalue weighted by Gasteiger charge is 2.29. The predicted octanol–water partition coefficient (Wildman–Crippen LogP) is 2.01. The van der Waals surface area contributed by atoms with Gasteiger partial charge in [0.15, 0.2) is 0 Å². The Hall–Kier alpha value is -0.860. The van der Waals surface area contributed by atoms with Crippen molar-refractivity contribution < 1.29 is 4.74 Å². The third-order valence-electron chi connectivity index (χ3n) is 3.91. The summed E-state index contributed by atoms with van der Waals surface area (Å²) in [5.74, 6) is 0. The SMILES string of the molecule is CCc1cccc2c1CCN(C1COC1)C2. The fourth-order valence-electron chi connectivity index (χ4n) is 2.79. The number of ether oxygens (including phenoxy) is 1. The molecule has 2 aliphatic rings. The first kappa shape index (κ1) is 10.3. The minimum Gasteiger partial charge on any atom is -0.378 e. The van der Waals surface area contributed by atoms with Crippen LogP contribution in [0.4, 0.5) is 0 Å². The van der Waals surface area contributed by atoms with Crippen LogP contribution in [0.1, 0.15) is 23.6 Å². The molecule has 1 aromatic rings. The molecule has 1 fully saturated rings. The quantitative estimate of drug-likeness (QED) is 0.751. The molecule has 0 N–H and O–H groups in total. The molecule has 0 atom stereocenters. The van der Waals surface area contributed by atoms with Crippen LogP contribution in [0, 0.1) is 0 Å². The summed E-state index contributed by atoms with van der Waals surface area (Å²) in [4.78, 5) is 2.57. The van der Waals surface area contributed by atoms with E-state index < -0.39 is 0 Å². The fraction of sp³-hybridized carbons (Fsp3) is 0.571. The number of nitrogens with zero attached hydrogens (tertiary/aromatic N) is 1. The number of benzene rings is 1. The van der Waals surface area contributed by atoms with Gasteiger partial charge in [0.2, 0.25) is 0 Å². The molecule has 2 heterocycles. The highest BCUT2D eigenvalue weighted by molar-refractivity contribution is 5.37. The molecule has 0 spiro atoms. The Morgan fingerprint density at radius 3 is 2.94 bits per heavy atom. The number of aryl methyl sites for hydroxylation is 1. The minimum absolute atomic E-state index is 0.679. The summed E-state index contributed by atoms with van der Waals surface area (Å²) < 4.78 is 5.28. The Bertz CT molecular complexity index is 384. The van der Waals surface area contributed by atoms with Crippen LogP contribution >= 0.6 is 0 Å². The van der Waals surface area contributed by atoms with E-state index in [4.69, 9.17) is 4.74 Å². The van der Waals surface area contributed by atoms with Gasteiger partial charge in [-0.2, -0.15) is 0 Å². The lowest BCUT2D eigenvalue weighted by atomic mass is 9.92. The van der Waals surface area contributed by atoms with Gasteiger partial charge < -0.3 is 4.74 Å². The Morgan fingerprint density at radius 2 is 2.25 bits per heavy atom. The summed E-state index contributed by atoms with van der Waals surface area (Å²) >= 11 is 0. The first-order valence-corrected chi connectivity index (χ1v) is 6.30. The van der Waals surface area contributed by atoms with Crippen molar-refractivity contribution >= 4 is 0 Å². The summed E-state index contributed by atoms with van der Waals surface area (Å²) in [5.41, 5.74) is 4.70. The number of rotatable bonds is 2. The van der Waals surface area contributed by atoms with Crippen molar-refractivity contribution in [3.63, 3.8) is 0 Å². The van der Waals surface area contributed by atoms with Gasteiger partial charge in [-0.25, -0.2) is 0 Å². The summed E-state index contributed by atoms with van der Waals surface area (Å²) in [6.45, 7) is 6.45. The van der Waals surface area contributed by atoms with E-state index in [1.54, 1.807) is 11.1 Å². The molecule has 86 valence electrons. The smallest absolute Gasteiger partial charge is 0.0645 e. The van der Waals surface area contributed by atoms with Gasteiger partial charge in [-0.3, -0.25) is 4.90 Å². The topological polar surface area (TPSA) is 12.5 Å². The molecule has 1 aromatic carbocycles. The largest absolute Gasteiger partial charge is 0.378 e. The first-order valence-electron chi connectivity index (χ1n) is 6.30. The maximum absolute atomic E-state index is 5.28. The average Bonchev–Trinajstić information content (AvgIpc) is 2.25. The summed E-state index contributed by atoms with van der Waals surface area (Å²) in [6, 6.07) is 7.46. The first-order chi connectivity index (χ1) is 7.88. The molecule has 16 heavy (non-hydrogen) atoms. The molecule has 2 nitrogen and oxygen atoms in total. The Balaban J connectivity index is 1.83. The highest BCUT2D eigenvalue weighted by atomic mass is 16.5. The third-order valence-corrected chi connectivity index (χ3v) is 3.91. The summed E-state index contributed by atoms with van der Waals surface area (Å²) in [7, 11) is 0. The normalized spacial score (nSPS) is 21.6. The van der Waals surface area contributed by atoms with Crippen molar-refractivity contribution in [2.24, 2.45) is 0 Å². The van der Waals surface area contributed by atoms with Crippen molar-refractivity contribution in [1.29, 1.82) is 0 Å². The van der Waals surface area contributed by atoms with E-state index in [1.165, 1.54) is 18.5 Å². The summed E-state index contributed by atoms with van der Waals surface area (Å²) in [5, 5.41) is 0. The van der Waals surface area contributed by atoms with Gasteiger partial charge in [0.1, 0.15) is 0 Å². The molecular formula is C14H19NO. The van der Waals surface area contributed by atoms with Crippen molar-refractivity contribution in [2.75, 3.05) is 19.8 Å². The predicted molar refractivity (Wildman–Crippen MR) is 64.5 cm³/mol. The maximum atomic E-state index is 5.28. The molecule has 0 saturated carbocycles. The van der Waals surface area contributed by atoms with E-state index in [9.17, 15) is 0 Å². The fourth-order valence-corrected chi connectivity index (χ4v) is 2.79. The molecule has 0 unspecified atom stereocenters. The number of hydrogen-bond donors (Lipinski definition) is 0. The minimum atomic E-state index is 0.679. The van der Waals surface area contributed by atoms with Gasteiger partial charge in [0.05, 0.1) is 19.3 Å². The Kier molecular flexibility index (Phi) is 2.70. The second-order valence-electron chi connectivity index (χ2n) is 4.82. The van der Waals surface area contributed by atoms with Gasteiger partial charge in [-0.1, -0.05) is 25.1 Å². The van der Waals surface area contributed by atoms with Crippen molar-refractivity contribution in [3.05, 3.63) is 34.9 Å². The van der Waals surface area contributed by atoms with E-state index in [2.05, 4.69) is 30.0 Å². The summed E-state index contributed by atoms with van der Waals surface area (Å²) in [6.07, 6.45) is 2.38. The van der Waals surface area contributed by atoms with Gasteiger partial charge in [0.25, 0.3) is 0 Å². The molecule has 3 rings (SSSR count). The Labute approximate surface area is 97.2 Å². The van der Waals surface area contributed by atoms with Gasteiger partial charge in [-0.05, 0) is 29.5 Å². The van der Waals surface area contributed by atoms with Crippen LogP contribution in [-0.2, 0) is 24.1 Å². The lowest BCUT2D eigenvalue weighted by molar-refractivity contribution is -0.0695. The number of fused-ring (bicyclic) bond motifs is 1. The highest BCUT2D eigenvalue weighted by Crippen LogP contribution is 2.25. The van der Waals surface area contributed by atoms with E-state index in [0.717, 1.165) is 26.2 Å². The zero-order valence-corrected chi connectivity index (χ0v) is 9.91. The van der Waals surface area contributed by atoms with Crippen molar-refractivity contribution in [3.8, 4) is 0 Å². The van der Waals surface area contributed by atoms with Crippen LogP contribution in [0.3, 0.4) is 0 Å². The molecule has 0 amide bonds. The van der Waals surface area contributed by atoms with Crippen LogP contribution in [0.2, 0.25) is 0 Å². The monoisotopic (exact) mass is 217 g/mol. The van der Waals surface area contributed by atoms with Crippen molar-refractivity contribution in [1.82, 2.24) is 4.90 Å². The molecular weight excluding hydrogens is 198 g/mol. The van der Waals surface area contributed by atoms with E-state index in [1.807, 2.05) is 0 Å². The molecule has 0 aromatic heterocycles. The molecule has 1 saturated heterocycles. The van der Waals surface area contributed by atoms with Crippen LogP contribution in [0.5, 0.6) is 0 Å². The Morgan fingerprint density at radius 1 is 1.38 bits per heavy atom. The molecule has 0 aliphatic carbocycles. The van der Waals surface area contributed by atoms with E-state index in [-0.39, 0.29) is 0 Å². The van der Waals surface area contributed by atoms with Gasteiger partial charge in [-0.15, -0.1) is 0 Å². The maximum Gasteiger partial charge on any atom is 0.0645 e.